The molecule has 0 aliphatic carbocycles. The number of hydrogen-bond acceptors (Lipinski definition) is 4. The normalized spacial score (nSPS) is 16.0. The van der Waals surface area contributed by atoms with Crippen molar-refractivity contribution < 1.29 is 9.59 Å². The lowest BCUT2D eigenvalue weighted by Crippen LogP contribution is -2.49. The summed E-state index contributed by atoms with van der Waals surface area (Å²) in [6.45, 7) is 3.72. The molecule has 7 nitrogen and oxygen atoms in total. The molecule has 0 bridgehead atoms. The molecular formula is C34H37N5O2. The fourth-order valence-electron chi connectivity index (χ4n) is 5.96. The molecule has 210 valence electrons. The average molecular weight is 548 g/mol. The summed E-state index contributed by atoms with van der Waals surface area (Å²) in [5.74, 6) is -0.812. The van der Waals surface area contributed by atoms with E-state index in [0.717, 1.165) is 58.6 Å². The molecule has 2 N–H and O–H groups in total. The van der Waals surface area contributed by atoms with Crippen LogP contribution in [0.2, 0.25) is 0 Å². The zero-order valence-corrected chi connectivity index (χ0v) is 23.5. The lowest BCUT2D eigenvalue weighted by Gasteiger charge is -2.29. The van der Waals surface area contributed by atoms with Gasteiger partial charge in [0.2, 0.25) is 5.91 Å². The van der Waals surface area contributed by atoms with Crippen molar-refractivity contribution in [2.45, 2.75) is 38.6 Å². The third-order valence-corrected chi connectivity index (χ3v) is 8.47. The Morgan fingerprint density at radius 2 is 1.44 bits per heavy atom. The number of carbonyl (C=O) groups is 2. The van der Waals surface area contributed by atoms with Gasteiger partial charge in [-0.1, -0.05) is 97.0 Å². The zero-order chi connectivity index (χ0) is 28.6. The highest BCUT2D eigenvalue weighted by Gasteiger charge is 2.33. The Kier molecular flexibility index (Phi) is 9.29. The number of Topliss-reactive ketones (excluding diaryl/α,β-unsaturated/α-hetero) is 1. The van der Waals surface area contributed by atoms with Crippen LogP contribution >= 0.6 is 0 Å². The van der Waals surface area contributed by atoms with Gasteiger partial charge in [-0.05, 0) is 82.9 Å². The molecule has 1 saturated heterocycles. The Hall–Kier alpha value is -4.19. The number of carbonyl (C=O) groups excluding carboxylic acids is 2. The molecule has 1 aliphatic heterocycles. The molecule has 3 unspecified atom stereocenters. The highest BCUT2D eigenvalue weighted by Crippen LogP contribution is 2.25. The van der Waals surface area contributed by atoms with Gasteiger partial charge in [-0.2, -0.15) is 0 Å². The van der Waals surface area contributed by atoms with Crippen LogP contribution in [0.15, 0.2) is 90.0 Å². The number of azide groups is 1. The van der Waals surface area contributed by atoms with Gasteiger partial charge in [0.15, 0.2) is 5.78 Å². The lowest BCUT2D eigenvalue weighted by molar-refractivity contribution is -0.132. The van der Waals surface area contributed by atoms with Crippen LogP contribution in [-0.4, -0.2) is 37.4 Å². The molecule has 3 atom stereocenters. The van der Waals surface area contributed by atoms with E-state index in [9.17, 15) is 9.59 Å². The van der Waals surface area contributed by atoms with Crippen molar-refractivity contribution in [3.05, 3.63) is 106 Å². The predicted octanol–water partition coefficient (Wildman–Crippen LogP) is 6.39. The minimum Gasteiger partial charge on any atom is -0.346 e. The maximum atomic E-state index is 14.2. The van der Waals surface area contributed by atoms with Crippen LogP contribution in [0.25, 0.3) is 32.0 Å². The molecular weight excluding hydrogens is 510 g/mol. The fourth-order valence-corrected chi connectivity index (χ4v) is 5.96. The van der Waals surface area contributed by atoms with Crippen LogP contribution in [0.4, 0.5) is 0 Å². The van der Waals surface area contributed by atoms with Crippen molar-refractivity contribution in [3.63, 3.8) is 0 Å². The molecule has 4 aromatic rings. The molecule has 4 aromatic carbocycles. The van der Waals surface area contributed by atoms with E-state index in [1.807, 2.05) is 37.3 Å². The maximum Gasteiger partial charge on any atom is 0.223 e. The van der Waals surface area contributed by atoms with Crippen molar-refractivity contribution in [1.82, 2.24) is 10.6 Å². The standard InChI is InChI=1S/C34H37N5O2/c1-23(31(22-37-39-35)20-24-10-12-26-6-2-4-8-29(26)18-24)33(40)32(38-34(41)28-14-16-36-17-15-28)21-25-11-13-27-7-3-5-9-30(27)19-25/h2-13,18-19,23,28,31-32,36H,14-17,20-22H2,1H3,(H,38,41). The molecule has 1 amide bonds. The largest absolute Gasteiger partial charge is 0.346 e. The quantitative estimate of drug-likeness (QED) is 0.129. The number of ketones is 1. The van der Waals surface area contributed by atoms with E-state index in [4.69, 9.17) is 5.53 Å². The van der Waals surface area contributed by atoms with E-state index in [1.54, 1.807) is 0 Å². The van der Waals surface area contributed by atoms with Gasteiger partial charge >= 0.3 is 0 Å². The van der Waals surface area contributed by atoms with Gasteiger partial charge in [0, 0.05) is 23.3 Å². The molecule has 0 aromatic heterocycles. The Morgan fingerprint density at radius 1 is 0.878 bits per heavy atom. The maximum absolute atomic E-state index is 14.2. The first-order valence-electron chi connectivity index (χ1n) is 14.5. The van der Waals surface area contributed by atoms with E-state index in [1.165, 1.54) is 0 Å². The molecule has 0 spiro atoms. The predicted molar refractivity (Wildman–Crippen MR) is 165 cm³/mol. The first kappa shape index (κ1) is 28.3. The molecule has 0 saturated carbocycles. The van der Waals surface area contributed by atoms with Crippen molar-refractivity contribution in [1.29, 1.82) is 0 Å². The van der Waals surface area contributed by atoms with Gasteiger partial charge in [-0.25, -0.2) is 0 Å². The number of rotatable bonds is 11. The summed E-state index contributed by atoms with van der Waals surface area (Å²) in [6, 6.07) is 28.2. The smallest absolute Gasteiger partial charge is 0.223 e. The molecule has 1 heterocycles. The van der Waals surface area contributed by atoms with Gasteiger partial charge in [0.05, 0.1) is 6.04 Å². The number of nitrogens with zero attached hydrogens (tertiary/aromatic N) is 3. The molecule has 0 radical (unpaired) electrons. The molecule has 1 fully saturated rings. The first-order valence-corrected chi connectivity index (χ1v) is 14.5. The van der Waals surface area contributed by atoms with Gasteiger partial charge in [-0.3, -0.25) is 9.59 Å². The van der Waals surface area contributed by atoms with E-state index < -0.39 is 12.0 Å². The Bertz CT molecular complexity index is 1570. The van der Waals surface area contributed by atoms with E-state index in [-0.39, 0.29) is 30.1 Å². The number of nitrogens with one attached hydrogen (secondary N) is 2. The van der Waals surface area contributed by atoms with Gasteiger partial charge in [0.1, 0.15) is 0 Å². The molecule has 7 heteroatoms. The van der Waals surface area contributed by atoms with E-state index >= 15 is 0 Å². The van der Waals surface area contributed by atoms with Crippen molar-refractivity contribution in [2.75, 3.05) is 19.6 Å². The summed E-state index contributed by atoms with van der Waals surface area (Å²) in [4.78, 5) is 30.5. The van der Waals surface area contributed by atoms with Crippen molar-refractivity contribution >= 4 is 33.2 Å². The Morgan fingerprint density at radius 3 is 2.02 bits per heavy atom. The molecule has 5 rings (SSSR count). The van der Waals surface area contributed by atoms with E-state index in [0.29, 0.717) is 12.8 Å². The van der Waals surface area contributed by atoms with Crippen molar-refractivity contribution in [3.8, 4) is 0 Å². The third-order valence-electron chi connectivity index (χ3n) is 8.47. The summed E-state index contributed by atoms with van der Waals surface area (Å²) < 4.78 is 0. The monoisotopic (exact) mass is 547 g/mol. The number of piperidine rings is 1. The number of benzene rings is 4. The van der Waals surface area contributed by atoms with Crippen LogP contribution in [-0.2, 0) is 22.4 Å². The minimum atomic E-state index is -0.668. The van der Waals surface area contributed by atoms with Gasteiger partial charge in [0.25, 0.3) is 0 Å². The summed E-state index contributed by atoms with van der Waals surface area (Å²) in [6.07, 6.45) is 2.54. The second kappa shape index (κ2) is 13.4. The third kappa shape index (κ3) is 7.12. The molecule has 1 aliphatic rings. The Balaban J connectivity index is 1.40. The highest BCUT2D eigenvalue weighted by atomic mass is 16.2. The van der Waals surface area contributed by atoms with Crippen LogP contribution in [0.1, 0.15) is 30.9 Å². The summed E-state index contributed by atoms with van der Waals surface area (Å²) in [5, 5.41) is 14.9. The minimum absolute atomic E-state index is 0.0284. The van der Waals surface area contributed by atoms with Gasteiger partial charge in [-0.15, -0.1) is 0 Å². The van der Waals surface area contributed by atoms with Crippen LogP contribution in [0, 0.1) is 17.8 Å². The van der Waals surface area contributed by atoms with Crippen LogP contribution < -0.4 is 10.6 Å². The second-order valence-corrected chi connectivity index (χ2v) is 11.2. The second-order valence-electron chi connectivity index (χ2n) is 11.2. The fraction of sp³-hybridized carbons (Fsp3) is 0.353. The van der Waals surface area contributed by atoms with Crippen LogP contribution in [0.3, 0.4) is 0 Å². The number of hydrogen-bond donors (Lipinski definition) is 2. The average Bonchev–Trinajstić information content (AvgIpc) is 3.02. The number of amides is 1. The van der Waals surface area contributed by atoms with E-state index in [2.05, 4.69) is 75.3 Å². The highest BCUT2D eigenvalue weighted by molar-refractivity contribution is 5.92. The topological polar surface area (TPSA) is 107 Å². The molecule has 41 heavy (non-hydrogen) atoms. The van der Waals surface area contributed by atoms with Gasteiger partial charge < -0.3 is 10.6 Å². The lowest BCUT2D eigenvalue weighted by atomic mass is 9.81. The Labute approximate surface area is 241 Å². The summed E-state index contributed by atoms with van der Waals surface area (Å²) in [7, 11) is 0. The summed E-state index contributed by atoms with van der Waals surface area (Å²) in [5.41, 5.74) is 11.2. The SMILES string of the molecule is CC(C(=O)C(Cc1ccc2ccccc2c1)NC(=O)C1CCNCC1)C(CN=[N+]=[N-])Cc1ccc2ccccc2c1. The van der Waals surface area contributed by atoms with Crippen LogP contribution in [0.5, 0.6) is 0 Å². The summed E-state index contributed by atoms with van der Waals surface area (Å²) >= 11 is 0. The van der Waals surface area contributed by atoms with Crippen molar-refractivity contribution in [2.24, 2.45) is 22.9 Å². The zero-order valence-electron chi connectivity index (χ0n) is 23.5. The number of fused-ring (bicyclic) bond motifs is 2. The first-order chi connectivity index (χ1) is 20.0.